The average Bonchev–Trinajstić information content (AvgIpc) is 3.08. The molecule has 1 atom stereocenters. The molecule has 0 unspecified atom stereocenters. The molecule has 0 N–H and O–H groups in total. The minimum atomic E-state index is -0.0339. The fourth-order valence-electron chi connectivity index (χ4n) is 3.91. The smallest absolute Gasteiger partial charge is 0.261 e. The Bertz CT molecular complexity index is 1000. The molecule has 1 aromatic carbocycles. The predicted molar refractivity (Wildman–Crippen MR) is 116 cm³/mol. The Morgan fingerprint density at radius 2 is 2.07 bits per heavy atom. The van der Waals surface area contributed by atoms with Gasteiger partial charge < -0.3 is 9.64 Å². The van der Waals surface area contributed by atoms with E-state index < -0.39 is 0 Å². The maximum atomic E-state index is 12.9. The summed E-state index contributed by atoms with van der Waals surface area (Å²) in [4.78, 5) is 25.9. The summed E-state index contributed by atoms with van der Waals surface area (Å²) in [6.45, 7) is 6.91. The highest BCUT2D eigenvalue weighted by Crippen LogP contribution is 2.40. The van der Waals surface area contributed by atoms with Crippen molar-refractivity contribution >= 4 is 27.5 Å². The van der Waals surface area contributed by atoms with Gasteiger partial charge in [0.2, 0.25) is 5.88 Å². The van der Waals surface area contributed by atoms with Crippen molar-refractivity contribution in [1.82, 2.24) is 14.9 Å². The lowest BCUT2D eigenvalue weighted by atomic mass is 9.89. The van der Waals surface area contributed by atoms with E-state index in [0.29, 0.717) is 18.3 Å². The number of ether oxygens (including phenoxy) is 1. The Labute approximate surface area is 175 Å². The van der Waals surface area contributed by atoms with E-state index in [-0.39, 0.29) is 18.6 Å². The lowest BCUT2D eigenvalue weighted by Crippen LogP contribution is -2.39. The van der Waals surface area contributed by atoms with Gasteiger partial charge in [-0.3, -0.25) is 4.79 Å². The number of hydrogen-bond acceptors (Lipinski definition) is 5. The van der Waals surface area contributed by atoms with E-state index in [2.05, 4.69) is 16.9 Å². The summed E-state index contributed by atoms with van der Waals surface area (Å²) >= 11 is 1.74. The lowest BCUT2D eigenvalue weighted by molar-refractivity contribution is -0.135. The standard InChI is InChI=1S/C23H27N3O2S/c1-15(2)26(12-17-7-5-4-6-8-17)20(27)13-28-22-21-18-10-9-16(3)11-19(18)29-23(21)25-14-24-22/h4-8,14-16H,9-13H2,1-3H3/t16-/m1/s1. The van der Waals surface area contributed by atoms with Gasteiger partial charge in [-0.2, -0.15) is 0 Å². The minimum absolute atomic E-state index is 0.0157. The molecule has 0 saturated carbocycles. The molecule has 6 heteroatoms. The Morgan fingerprint density at radius 1 is 1.28 bits per heavy atom. The second-order valence-corrected chi connectivity index (χ2v) is 9.18. The highest BCUT2D eigenvalue weighted by atomic mass is 32.1. The zero-order valence-corrected chi connectivity index (χ0v) is 18.0. The molecule has 152 valence electrons. The summed E-state index contributed by atoms with van der Waals surface area (Å²) in [5, 5.41) is 1.01. The van der Waals surface area contributed by atoms with Crippen molar-refractivity contribution in [1.29, 1.82) is 0 Å². The number of fused-ring (bicyclic) bond motifs is 3. The first kappa shape index (κ1) is 19.8. The van der Waals surface area contributed by atoms with E-state index in [1.54, 1.807) is 11.3 Å². The molecule has 1 aliphatic carbocycles. The molecule has 0 bridgehead atoms. The third kappa shape index (κ3) is 4.27. The number of hydrogen-bond donors (Lipinski definition) is 0. The van der Waals surface area contributed by atoms with Crippen molar-refractivity contribution < 1.29 is 9.53 Å². The number of carbonyl (C=O) groups is 1. The van der Waals surface area contributed by atoms with Crippen LogP contribution in [-0.4, -0.2) is 33.4 Å². The summed E-state index contributed by atoms with van der Waals surface area (Å²) < 4.78 is 5.97. The summed E-state index contributed by atoms with van der Waals surface area (Å²) in [6.07, 6.45) is 4.83. The van der Waals surface area contributed by atoms with Crippen molar-refractivity contribution in [3.63, 3.8) is 0 Å². The molecule has 0 radical (unpaired) electrons. The van der Waals surface area contributed by atoms with E-state index in [4.69, 9.17) is 4.74 Å². The van der Waals surface area contributed by atoms with E-state index in [1.807, 2.05) is 49.1 Å². The molecule has 0 saturated heterocycles. The van der Waals surface area contributed by atoms with Crippen LogP contribution in [0.2, 0.25) is 0 Å². The van der Waals surface area contributed by atoms with Crippen molar-refractivity contribution in [2.75, 3.05) is 6.61 Å². The van der Waals surface area contributed by atoms with Gasteiger partial charge in [0.15, 0.2) is 6.61 Å². The van der Waals surface area contributed by atoms with Crippen molar-refractivity contribution in [3.05, 3.63) is 52.7 Å². The quantitative estimate of drug-likeness (QED) is 0.595. The number of rotatable bonds is 6. The number of aryl methyl sites for hydroxylation is 1. The van der Waals surface area contributed by atoms with E-state index in [0.717, 1.165) is 28.6 Å². The monoisotopic (exact) mass is 409 g/mol. The van der Waals surface area contributed by atoms with Gasteiger partial charge in [-0.25, -0.2) is 9.97 Å². The molecule has 3 aromatic rings. The van der Waals surface area contributed by atoms with Gasteiger partial charge in [-0.15, -0.1) is 11.3 Å². The maximum Gasteiger partial charge on any atom is 0.261 e. The predicted octanol–water partition coefficient (Wildman–Crippen LogP) is 4.63. The van der Waals surface area contributed by atoms with Crippen molar-refractivity contribution in [2.45, 2.75) is 52.6 Å². The molecule has 2 aromatic heterocycles. The Morgan fingerprint density at radius 3 is 2.83 bits per heavy atom. The van der Waals surface area contributed by atoms with Gasteiger partial charge in [0.05, 0.1) is 5.39 Å². The summed E-state index contributed by atoms with van der Waals surface area (Å²) in [5.74, 6) is 1.21. The van der Waals surface area contributed by atoms with E-state index in [9.17, 15) is 4.79 Å². The normalized spacial score (nSPS) is 16.1. The number of amides is 1. The van der Waals surface area contributed by atoms with Gasteiger partial charge in [0.1, 0.15) is 11.2 Å². The molecule has 0 fully saturated rings. The molecular formula is C23H27N3O2S. The summed E-state index contributed by atoms with van der Waals surface area (Å²) in [5.41, 5.74) is 2.43. The van der Waals surface area contributed by atoms with Gasteiger partial charge >= 0.3 is 0 Å². The molecule has 0 aliphatic heterocycles. The second-order valence-electron chi connectivity index (χ2n) is 8.10. The number of thiophene rings is 1. The van der Waals surface area contributed by atoms with Gasteiger partial charge in [0.25, 0.3) is 5.91 Å². The number of nitrogens with zero attached hydrogens (tertiary/aromatic N) is 3. The zero-order valence-electron chi connectivity index (χ0n) is 17.2. The van der Waals surface area contributed by atoms with Gasteiger partial charge in [-0.1, -0.05) is 37.3 Å². The SMILES string of the molecule is CC(C)N(Cc1ccccc1)C(=O)COc1ncnc2sc3c(c12)CC[C@@H](C)C3. The molecule has 4 rings (SSSR count). The Kier molecular flexibility index (Phi) is 5.81. The summed E-state index contributed by atoms with van der Waals surface area (Å²) in [6, 6.07) is 10.1. The highest BCUT2D eigenvalue weighted by molar-refractivity contribution is 7.18. The van der Waals surface area contributed by atoms with Crippen LogP contribution in [0, 0.1) is 5.92 Å². The van der Waals surface area contributed by atoms with Gasteiger partial charge in [0, 0.05) is 17.5 Å². The highest BCUT2D eigenvalue weighted by Gasteiger charge is 2.24. The zero-order chi connectivity index (χ0) is 20.4. The van der Waals surface area contributed by atoms with Crippen molar-refractivity contribution in [3.8, 4) is 5.88 Å². The number of carbonyl (C=O) groups excluding carboxylic acids is 1. The van der Waals surface area contributed by atoms with Crippen LogP contribution in [0.4, 0.5) is 0 Å². The maximum absolute atomic E-state index is 12.9. The first-order valence-corrected chi connectivity index (χ1v) is 11.1. The van der Waals surface area contributed by atoms with Crippen LogP contribution in [0.3, 0.4) is 0 Å². The van der Waals surface area contributed by atoms with Gasteiger partial charge in [-0.05, 0) is 50.2 Å². The molecular weight excluding hydrogens is 382 g/mol. The fourth-order valence-corrected chi connectivity index (χ4v) is 5.25. The van der Waals surface area contributed by atoms with Crippen LogP contribution < -0.4 is 4.74 Å². The second kappa shape index (κ2) is 8.49. The summed E-state index contributed by atoms with van der Waals surface area (Å²) in [7, 11) is 0. The van der Waals surface area contributed by atoms with Crippen LogP contribution in [-0.2, 0) is 24.2 Å². The van der Waals surface area contributed by atoms with Crippen LogP contribution in [0.15, 0.2) is 36.7 Å². The largest absolute Gasteiger partial charge is 0.467 e. The van der Waals surface area contributed by atoms with Crippen LogP contribution in [0.25, 0.3) is 10.2 Å². The van der Waals surface area contributed by atoms with E-state index in [1.165, 1.54) is 23.2 Å². The number of aromatic nitrogens is 2. The molecule has 0 spiro atoms. The average molecular weight is 410 g/mol. The Balaban J connectivity index is 1.52. The van der Waals surface area contributed by atoms with Crippen LogP contribution in [0.1, 0.15) is 43.2 Å². The molecule has 1 amide bonds. The third-order valence-corrected chi connectivity index (χ3v) is 6.69. The van der Waals surface area contributed by atoms with Crippen LogP contribution in [0.5, 0.6) is 5.88 Å². The molecule has 1 aliphatic rings. The third-order valence-electron chi connectivity index (χ3n) is 5.53. The minimum Gasteiger partial charge on any atom is -0.467 e. The fraction of sp³-hybridized carbons (Fsp3) is 0.435. The Hall–Kier alpha value is -2.47. The van der Waals surface area contributed by atoms with E-state index >= 15 is 0 Å². The van der Waals surface area contributed by atoms with Crippen LogP contribution >= 0.6 is 11.3 Å². The number of benzene rings is 1. The van der Waals surface area contributed by atoms with Crippen molar-refractivity contribution in [2.24, 2.45) is 5.92 Å². The first-order valence-electron chi connectivity index (χ1n) is 10.2. The lowest BCUT2D eigenvalue weighted by Gasteiger charge is -2.27. The topological polar surface area (TPSA) is 55.3 Å². The molecule has 5 nitrogen and oxygen atoms in total. The molecule has 29 heavy (non-hydrogen) atoms. The first-order chi connectivity index (χ1) is 14.0. The molecule has 2 heterocycles.